The molecule has 1 saturated heterocycles. The maximum atomic E-state index is 12.2. The van der Waals surface area contributed by atoms with Crippen LogP contribution in [-0.2, 0) is 24.3 Å². The van der Waals surface area contributed by atoms with Crippen molar-refractivity contribution in [2.24, 2.45) is 0 Å². The molecule has 3 aromatic rings. The first kappa shape index (κ1) is 18.1. The van der Waals surface area contributed by atoms with E-state index in [9.17, 15) is 4.79 Å². The third-order valence-electron chi connectivity index (χ3n) is 5.02. The number of thiazole rings is 1. The smallest absolute Gasteiger partial charge is 0.220 e. The van der Waals surface area contributed by atoms with E-state index in [1.807, 2.05) is 18.2 Å². The molecule has 1 N–H and O–H groups in total. The zero-order valence-corrected chi connectivity index (χ0v) is 16.3. The van der Waals surface area contributed by atoms with Crippen molar-refractivity contribution in [1.29, 1.82) is 0 Å². The number of nitrogens with zero attached hydrogens (tertiary/aromatic N) is 2. The number of carbonyl (C=O) groups is 1. The Hall–Kier alpha value is -2.24. The fraction of sp³-hybridized carbons (Fsp3) is 0.364. The summed E-state index contributed by atoms with van der Waals surface area (Å²) in [6.07, 6.45) is 3.81. The summed E-state index contributed by atoms with van der Waals surface area (Å²) in [7, 11) is 0. The van der Waals surface area contributed by atoms with Crippen LogP contribution in [0.4, 0.5) is 0 Å². The lowest BCUT2D eigenvalue weighted by Crippen LogP contribution is -2.23. The normalized spacial score (nSPS) is 14.7. The molecule has 2 aromatic carbocycles. The van der Waals surface area contributed by atoms with Crippen LogP contribution in [0.3, 0.4) is 0 Å². The molecular weight excluding hydrogens is 354 g/mol. The highest BCUT2D eigenvalue weighted by Crippen LogP contribution is 2.22. The number of aryl methyl sites for hydroxylation is 1. The van der Waals surface area contributed by atoms with E-state index in [0.29, 0.717) is 19.4 Å². The van der Waals surface area contributed by atoms with Gasteiger partial charge < -0.3 is 5.32 Å². The average Bonchev–Trinajstić information content (AvgIpc) is 3.35. The van der Waals surface area contributed by atoms with Gasteiger partial charge in [-0.05, 0) is 49.2 Å². The van der Waals surface area contributed by atoms with E-state index in [4.69, 9.17) is 0 Å². The predicted octanol–water partition coefficient (Wildman–Crippen LogP) is 4.14. The second-order valence-corrected chi connectivity index (χ2v) is 8.27. The average molecular weight is 380 g/mol. The third kappa shape index (κ3) is 4.93. The predicted molar refractivity (Wildman–Crippen MR) is 111 cm³/mol. The molecule has 0 bridgehead atoms. The lowest BCUT2D eigenvalue weighted by atomic mass is 10.1. The van der Waals surface area contributed by atoms with Crippen LogP contribution in [0, 0.1) is 0 Å². The summed E-state index contributed by atoms with van der Waals surface area (Å²) in [5.41, 5.74) is 3.52. The SMILES string of the molecule is O=C(CCc1nc2ccccc2s1)NCc1ccc(CN2CCCC2)cc1. The van der Waals surface area contributed by atoms with Gasteiger partial charge in [-0.1, -0.05) is 36.4 Å². The van der Waals surface area contributed by atoms with Crippen molar-refractivity contribution in [2.45, 2.75) is 38.8 Å². The van der Waals surface area contributed by atoms with Crippen LogP contribution in [0.5, 0.6) is 0 Å². The topological polar surface area (TPSA) is 45.2 Å². The number of fused-ring (bicyclic) bond motifs is 1. The minimum Gasteiger partial charge on any atom is -0.352 e. The highest BCUT2D eigenvalue weighted by Gasteiger charge is 2.11. The van der Waals surface area contributed by atoms with Crippen LogP contribution in [0.15, 0.2) is 48.5 Å². The zero-order valence-electron chi connectivity index (χ0n) is 15.5. The van der Waals surface area contributed by atoms with Gasteiger partial charge in [0.25, 0.3) is 0 Å². The number of rotatable bonds is 7. The van der Waals surface area contributed by atoms with Crippen molar-refractivity contribution in [2.75, 3.05) is 13.1 Å². The molecule has 0 aliphatic carbocycles. The van der Waals surface area contributed by atoms with Crippen molar-refractivity contribution < 1.29 is 4.79 Å². The first-order valence-corrected chi connectivity index (χ1v) is 10.5. The van der Waals surface area contributed by atoms with E-state index in [0.717, 1.165) is 22.6 Å². The lowest BCUT2D eigenvalue weighted by Gasteiger charge is -2.14. The minimum absolute atomic E-state index is 0.0791. The first-order chi connectivity index (χ1) is 13.3. The number of para-hydroxylation sites is 1. The lowest BCUT2D eigenvalue weighted by molar-refractivity contribution is -0.121. The maximum absolute atomic E-state index is 12.2. The number of nitrogens with one attached hydrogen (secondary N) is 1. The highest BCUT2D eigenvalue weighted by atomic mass is 32.1. The molecule has 1 aliphatic rings. The fourth-order valence-electron chi connectivity index (χ4n) is 3.50. The van der Waals surface area contributed by atoms with Gasteiger partial charge in [-0.3, -0.25) is 9.69 Å². The quantitative estimate of drug-likeness (QED) is 0.671. The second-order valence-electron chi connectivity index (χ2n) is 7.15. The van der Waals surface area contributed by atoms with Gasteiger partial charge >= 0.3 is 0 Å². The third-order valence-corrected chi connectivity index (χ3v) is 6.12. The van der Waals surface area contributed by atoms with Gasteiger partial charge in [-0.25, -0.2) is 4.98 Å². The Labute approximate surface area is 164 Å². The Balaban J connectivity index is 1.22. The van der Waals surface area contributed by atoms with Gasteiger partial charge in [0, 0.05) is 25.9 Å². The van der Waals surface area contributed by atoms with Crippen LogP contribution in [0.1, 0.15) is 35.4 Å². The van der Waals surface area contributed by atoms with Crippen LogP contribution in [-0.4, -0.2) is 28.9 Å². The summed E-state index contributed by atoms with van der Waals surface area (Å²) in [6, 6.07) is 16.7. The molecule has 0 unspecified atom stereocenters. The van der Waals surface area contributed by atoms with Gasteiger partial charge in [0.2, 0.25) is 5.91 Å². The number of carbonyl (C=O) groups excluding carboxylic acids is 1. The molecule has 140 valence electrons. The molecule has 4 rings (SSSR count). The van der Waals surface area contributed by atoms with E-state index in [1.165, 1.54) is 36.2 Å². The van der Waals surface area contributed by atoms with Crippen LogP contribution < -0.4 is 5.32 Å². The molecular formula is C22H25N3OS. The number of aromatic nitrogens is 1. The highest BCUT2D eigenvalue weighted by molar-refractivity contribution is 7.18. The maximum Gasteiger partial charge on any atom is 0.220 e. The largest absolute Gasteiger partial charge is 0.352 e. The molecule has 27 heavy (non-hydrogen) atoms. The van der Waals surface area contributed by atoms with Crippen LogP contribution >= 0.6 is 11.3 Å². The molecule has 0 atom stereocenters. The summed E-state index contributed by atoms with van der Waals surface area (Å²) in [5, 5.41) is 4.05. The summed E-state index contributed by atoms with van der Waals surface area (Å²) < 4.78 is 1.18. The van der Waals surface area contributed by atoms with E-state index < -0.39 is 0 Å². The standard InChI is InChI=1S/C22H25N3OS/c26-21(11-12-22-24-19-5-1-2-6-20(19)27-22)23-15-17-7-9-18(10-8-17)16-25-13-3-4-14-25/h1-2,5-10H,3-4,11-16H2,(H,23,26). The Morgan fingerprint density at radius 3 is 2.56 bits per heavy atom. The van der Waals surface area contributed by atoms with E-state index in [2.05, 4.69) is 45.5 Å². The summed E-state index contributed by atoms with van der Waals surface area (Å²) in [5.74, 6) is 0.0791. The zero-order chi connectivity index (χ0) is 18.5. The Morgan fingerprint density at radius 1 is 1.04 bits per heavy atom. The molecule has 1 fully saturated rings. The van der Waals surface area contributed by atoms with Crippen LogP contribution in [0.2, 0.25) is 0 Å². The molecule has 2 heterocycles. The summed E-state index contributed by atoms with van der Waals surface area (Å²) >= 11 is 1.67. The van der Waals surface area contributed by atoms with E-state index in [-0.39, 0.29) is 5.91 Å². The van der Waals surface area contributed by atoms with Crippen molar-refractivity contribution in [3.8, 4) is 0 Å². The van der Waals surface area contributed by atoms with Crippen molar-refractivity contribution in [3.05, 3.63) is 64.7 Å². The Morgan fingerprint density at radius 2 is 1.78 bits per heavy atom. The molecule has 1 aromatic heterocycles. The van der Waals surface area contributed by atoms with Gasteiger partial charge in [0.1, 0.15) is 0 Å². The van der Waals surface area contributed by atoms with E-state index in [1.54, 1.807) is 11.3 Å². The minimum atomic E-state index is 0.0791. The van der Waals surface area contributed by atoms with Crippen molar-refractivity contribution >= 4 is 27.5 Å². The molecule has 0 spiro atoms. The fourth-order valence-corrected chi connectivity index (χ4v) is 4.46. The van der Waals surface area contributed by atoms with Gasteiger partial charge in [0.05, 0.1) is 15.2 Å². The number of hydrogen-bond donors (Lipinski definition) is 1. The van der Waals surface area contributed by atoms with Gasteiger partial charge in [-0.15, -0.1) is 11.3 Å². The molecule has 1 amide bonds. The first-order valence-electron chi connectivity index (χ1n) is 9.67. The molecule has 5 heteroatoms. The molecule has 0 radical (unpaired) electrons. The van der Waals surface area contributed by atoms with Crippen LogP contribution in [0.25, 0.3) is 10.2 Å². The molecule has 4 nitrogen and oxygen atoms in total. The monoisotopic (exact) mass is 379 g/mol. The Bertz CT molecular complexity index is 864. The number of amides is 1. The van der Waals surface area contributed by atoms with Crippen molar-refractivity contribution in [3.63, 3.8) is 0 Å². The number of likely N-dealkylation sites (tertiary alicyclic amines) is 1. The van der Waals surface area contributed by atoms with Gasteiger partial charge in [0.15, 0.2) is 0 Å². The van der Waals surface area contributed by atoms with Gasteiger partial charge in [-0.2, -0.15) is 0 Å². The van der Waals surface area contributed by atoms with Crippen molar-refractivity contribution in [1.82, 2.24) is 15.2 Å². The molecule has 1 aliphatic heterocycles. The summed E-state index contributed by atoms with van der Waals surface area (Å²) in [6.45, 7) is 4.05. The molecule has 0 saturated carbocycles. The second kappa shape index (κ2) is 8.63. The summed E-state index contributed by atoms with van der Waals surface area (Å²) in [4.78, 5) is 19.2. The number of benzene rings is 2. The Kier molecular flexibility index (Phi) is 5.80. The number of hydrogen-bond acceptors (Lipinski definition) is 4. The van der Waals surface area contributed by atoms with E-state index >= 15 is 0 Å².